The van der Waals surface area contributed by atoms with Gasteiger partial charge in [0.1, 0.15) is 6.17 Å². The second-order valence-corrected chi connectivity index (χ2v) is 16.5. The monoisotopic (exact) mass is 769 g/mol. The van der Waals surface area contributed by atoms with Crippen molar-refractivity contribution < 1.29 is 0 Å². The van der Waals surface area contributed by atoms with Crippen molar-refractivity contribution in [3.8, 4) is 11.1 Å². The molecule has 3 aliphatic carbocycles. The molecule has 0 saturated carbocycles. The predicted molar refractivity (Wildman–Crippen MR) is 247 cm³/mol. The number of allylic oxidation sites excluding steroid dienone is 6. The summed E-state index contributed by atoms with van der Waals surface area (Å²) in [5, 5.41) is 7.76. The van der Waals surface area contributed by atoms with Gasteiger partial charge in [-0.15, -0.1) is 0 Å². The van der Waals surface area contributed by atoms with Crippen LogP contribution in [-0.2, 0) is 5.41 Å². The van der Waals surface area contributed by atoms with E-state index in [4.69, 9.17) is 0 Å². The number of nitrogens with zero attached hydrogens (tertiary/aromatic N) is 1. The highest BCUT2D eigenvalue weighted by atomic mass is 15.2. The smallest absolute Gasteiger partial charge is 0.104 e. The molecule has 3 unspecified atom stereocenters. The van der Waals surface area contributed by atoms with Gasteiger partial charge >= 0.3 is 0 Å². The van der Waals surface area contributed by atoms with Crippen LogP contribution in [0.1, 0.15) is 63.0 Å². The van der Waals surface area contributed by atoms with Crippen molar-refractivity contribution in [2.24, 2.45) is 0 Å². The minimum atomic E-state index is -0.454. The first-order valence-electron chi connectivity index (χ1n) is 21.2. The summed E-state index contributed by atoms with van der Waals surface area (Å²) in [5.74, 6) is 0.263. The summed E-state index contributed by atoms with van der Waals surface area (Å²) >= 11 is 0. The number of rotatable bonds is 5. The number of hydrogen-bond acceptors (Lipinski definition) is 3. The van der Waals surface area contributed by atoms with Crippen LogP contribution < -0.4 is 15.5 Å². The Morgan fingerprint density at radius 1 is 0.533 bits per heavy atom. The van der Waals surface area contributed by atoms with E-state index in [2.05, 4.69) is 234 Å². The molecule has 3 heteroatoms. The van der Waals surface area contributed by atoms with Crippen molar-refractivity contribution in [1.82, 2.24) is 10.6 Å². The molecular formula is C57H43N3. The first kappa shape index (κ1) is 34.8. The van der Waals surface area contributed by atoms with E-state index in [-0.39, 0.29) is 18.1 Å². The van der Waals surface area contributed by atoms with Gasteiger partial charge < -0.3 is 10.2 Å². The number of fused-ring (bicyclic) bond motifs is 10. The number of para-hydroxylation sites is 3. The molecule has 0 fully saturated rings. The molecule has 5 aliphatic rings. The van der Waals surface area contributed by atoms with Gasteiger partial charge in [-0.25, -0.2) is 0 Å². The molecule has 1 spiro atoms. The molecule has 0 saturated heterocycles. The summed E-state index contributed by atoms with van der Waals surface area (Å²) in [6.45, 7) is 0. The van der Waals surface area contributed by atoms with Gasteiger partial charge in [-0.2, -0.15) is 0 Å². The van der Waals surface area contributed by atoms with Crippen molar-refractivity contribution in [3.63, 3.8) is 0 Å². The first-order valence-corrected chi connectivity index (χ1v) is 21.2. The topological polar surface area (TPSA) is 27.3 Å². The third-order valence-corrected chi connectivity index (χ3v) is 13.2. The maximum Gasteiger partial charge on any atom is 0.104 e. The zero-order valence-electron chi connectivity index (χ0n) is 33.2. The van der Waals surface area contributed by atoms with E-state index >= 15 is 0 Å². The SMILES string of the molecule is C1=CC2=C(c3ccccc3)NC(c3cccc(C4C=C(c5ccc6c(c5)-c5ccccc5C65c6ccccc6N(c6ccccc6)c6ccccc65)C=CC4)c3)NC2C=C1. The molecule has 0 radical (unpaired) electrons. The van der Waals surface area contributed by atoms with Gasteiger partial charge in [0, 0.05) is 17.3 Å². The second kappa shape index (κ2) is 14.0. The molecule has 7 aromatic carbocycles. The van der Waals surface area contributed by atoms with Gasteiger partial charge in [0.15, 0.2) is 0 Å². The highest BCUT2D eigenvalue weighted by Crippen LogP contribution is 2.63. The Morgan fingerprint density at radius 3 is 2.02 bits per heavy atom. The molecule has 2 aliphatic heterocycles. The van der Waals surface area contributed by atoms with Crippen LogP contribution in [0.2, 0.25) is 0 Å². The Labute approximate surface area is 352 Å². The average molecular weight is 770 g/mol. The number of nitrogens with one attached hydrogen (secondary N) is 2. The Bertz CT molecular complexity index is 2940. The maximum atomic E-state index is 3.88. The molecule has 2 N–H and O–H groups in total. The zero-order valence-corrected chi connectivity index (χ0v) is 33.2. The Balaban J connectivity index is 0.928. The molecule has 0 aromatic heterocycles. The van der Waals surface area contributed by atoms with Gasteiger partial charge in [-0.05, 0) is 104 Å². The normalized spacial score (nSPS) is 20.1. The molecule has 0 amide bonds. The van der Waals surface area contributed by atoms with E-state index < -0.39 is 5.41 Å². The molecule has 12 rings (SSSR count). The van der Waals surface area contributed by atoms with Crippen molar-refractivity contribution in [2.75, 3.05) is 4.90 Å². The summed E-state index contributed by atoms with van der Waals surface area (Å²) in [6, 6.07) is 65.2. The largest absolute Gasteiger partial charge is 0.365 e. The van der Waals surface area contributed by atoms with Gasteiger partial charge in [-0.1, -0.05) is 188 Å². The van der Waals surface area contributed by atoms with Crippen LogP contribution in [0.15, 0.2) is 224 Å². The summed E-state index contributed by atoms with van der Waals surface area (Å²) in [7, 11) is 0. The number of benzene rings is 7. The summed E-state index contributed by atoms with van der Waals surface area (Å²) in [5.41, 5.74) is 19.8. The highest BCUT2D eigenvalue weighted by molar-refractivity contribution is 5.96. The van der Waals surface area contributed by atoms with Crippen LogP contribution in [-0.4, -0.2) is 6.04 Å². The molecule has 3 nitrogen and oxygen atoms in total. The van der Waals surface area contributed by atoms with E-state index in [9.17, 15) is 0 Å². The van der Waals surface area contributed by atoms with Crippen LogP contribution in [0.5, 0.6) is 0 Å². The van der Waals surface area contributed by atoms with E-state index in [0.717, 1.165) is 12.1 Å². The van der Waals surface area contributed by atoms with E-state index in [1.165, 1.54) is 83.9 Å². The minimum absolute atomic E-state index is 0.0217. The first-order chi connectivity index (χ1) is 29.8. The molecule has 2 heterocycles. The summed E-state index contributed by atoms with van der Waals surface area (Å²) in [4.78, 5) is 2.44. The van der Waals surface area contributed by atoms with E-state index in [1.807, 2.05) is 0 Å². The Hall–Kier alpha value is -7.20. The minimum Gasteiger partial charge on any atom is -0.365 e. The standard InChI is InChI=1S/C57H43N3/c1-3-17-38(18-4-1)55-46-26-8-12-30-52(46)58-56(59-55)43-22-16-21-41(36-43)39-19-15-20-40(35-39)42-33-34-49-47(37-42)45-25-7-9-27-48(45)57(49)50-28-10-13-31-53(50)60(44-23-5-2-6-24-44)54-32-14-11-29-51(54)57/h1-18,20-37,39,52,56,58-59H,19H2. The Morgan fingerprint density at radius 2 is 1.22 bits per heavy atom. The van der Waals surface area contributed by atoms with Crippen LogP contribution in [0.4, 0.5) is 17.1 Å². The van der Waals surface area contributed by atoms with Crippen molar-refractivity contribution >= 4 is 28.3 Å². The van der Waals surface area contributed by atoms with E-state index in [1.54, 1.807) is 0 Å². The zero-order chi connectivity index (χ0) is 39.6. The van der Waals surface area contributed by atoms with Gasteiger partial charge in [0.05, 0.1) is 22.8 Å². The summed E-state index contributed by atoms with van der Waals surface area (Å²) in [6.07, 6.45) is 16.9. The maximum absolute atomic E-state index is 3.88. The Kier molecular flexibility index (Phi) is 8.11. The predicted octanol–water partition coefficient (Wildman–Crippen LogP) is 13.1. The van der Waals surface area contributed by atoms with Crippen LogP contribution in [0.25, 0.3) is 22.4 Å². The van der Waals surface area contributed by atoms with Gasteiger partial charge in [0.2, 0.25) is 0 Å². The molecule has 286 valence electrons. The van der Waals surface area contributed by atoms with Crippen molar-refractivity contribution in [1.29, 1.82) is 0 Å². The molecule has 7 aromatic rings. The molecule has 60 heavy (non-hydrogen) atoms. The third kappa shape index (κ3) is 5.33. The third-order valence-electron chi connectivity index (χ3n) is 13.2. The lowest BCUT2D eigenvalue weighted by molar-refractivity contribution is 0.459. The van der Waals surface area contributed by atoms with Gasteiger partial charge in [0.25, 0.3) is 0 Å². The molecular weight excluding hydrogens is 727 g/mol. The van der Waals surface area contributed by atoms with Crippen LogP contribution in [0, 0.1) is 0 Å². The van der Waals surface area contributed by atoms with Crippen molar-refractivity contribution in [2.45, 2.75) is 30.0 Å². The number of hydrogen-bond donors (Lipinski definition) is 2. The quantitative estimate of drug-likeness (QED) is 0.183. The van der Waals surface area contributed by atoms with Crippen LogP contribution >= 0.6 is 0 Å². The molecule has 0 bridgehead atoms. The lowest BCUT2D eigenvalue weighted by Gasteiger charge is -2.45. The lowest BCUT2D eigenvalue weighted by atomic mass is 9.64. The van der Waals surface area contributed by atoms with E-state index in [0.29, 0.717) is 0 Å². The molecule has 3 atom stereocenters. The average Bonchev–Trinajstić information content (AvgIpc) is 3.62. The highest BCUT2D eigenvalue weighted by Gasteiger charge is 2.51. The number of anilines is 3. The fourth-order valence-electron chi connectivity index (χ4n) is 10.6. The van der Waals surface area contributed by atoms with Crippen molar-refractivity contribution in [3.05, 3.63) is 269 Å². The lowest BCUT2D eigenvalue weighted by Crippen LogP contribution is -2.45. The second-order valence-electron chi connectivity index (χ2n) is 16.5. The fourth-order valence-corrected chi connectivity index (χ4v) is 10.6. The summed E-state index contributed by atoms with van der Waals surface area (Å²) < 4.78 is 0. The van der Waals surface area contributed by atoms with Gasteiger partial charge in [-0.3, -0.25) is 5.32 Å². The fraction of sp³-hybridized carbons (Fsp3) is 0.0877. The van der Waals surface area contributed by atoms with Crippen LogP contribution in [0.3, 0.4) is 0 Å².